The Morgan fingerprint density at radius 3 is 2.74 bits per heavy atom. The summed E-state index contributed by atoms with van der Waals surface area (Å²) in [6.07, 6.45) is 0. The summed E-state index contributed by atoms with van der Waals surface area (Å²) in [5.41, 5.74) is 1.98. The molecule has 0 aliphatic rings. The molecular weight excluding hydrogens is 278 g/mol. The van der Waals surface area contributed by atoms with Gasteiger partial charge in [0.2, 0.25) is 0 Å². The molecule has 2 aromatic rings. The van der Waals surface area contributed by atoms with Gasteiger partial charge in [0.15, 0.2) is 0 Å². The van der Waals surface area contributed by atoms with E-state index in [2.05, 4.69) is 5.32 Å². The first-order chi connectivity index (χ1) is 9.20. The Labute approximate surface area is 123 Å². The van der Waals surface area contributed by atoms with Crippen LogP contribution < -0.4 is 10.1 Å². The van der Waals surface area contributed by atoms with Gasteiger partial charge in [0.25, 0.3) is 0 Å². The average molecular weight is 292 g/mol. The van der Waals surface area contributed by atoms with E-state index >= 15 is 0 Å². The molecule has 0 radical (unpaired) electrons. The molecule has 0 saturated carbocycles. The molecular formula is C15H14ClNOS. The molecule has 1 N–H and O–H groups in total. The van der Waals surface area contributed by atoms with Crippen LogP contribution in [0.2, 0.25) is 5.02 Å². The van der Waals surface area contributed by atoms with Crippen molar-refractivity contribution in [2.45, 2.75) is 6.54 Å². The van der Waals surface area contributed by atoms with E-state index in [4.69, 9.17) is 28.6 Å². The van der Waals surface area contributed by atoms with Gasteiger partial charge in [-0.25, -0.2) is 0 Å². The third kappa shape index (κ3) is 3.69. The fourth-order valence-corrected chi connectivity index (χ4v) is 2.15. The number of ether oxygens (including phenoxy) is 1. The standard InChI is InChI=1S/C15H14ClNOS/c1-18-14-8-3-2-5-12(14)10-17-15(19)11-6-4-7-13(16)9-11/h2-9H,10H2,1H3,(H,17,19). The highest BCUT2D eigenvalue weighted by molar-refractivity contribution is 7.80. The molecule has 98 valence electrons. The molecule has 0 amide bonds. The van der Waals surface area contributed by atoms with Crippen molar-refractivity contribution in [1.82, 2.24) is 5.32 Å². The number of benzene rings is 2. The molecule has 4 heteroatoms. The molecule has 0 fully saturated rings. The summed E-state index contributed by atoms with van der Waals surface area (Å²) >= 11 is 11.3. The van der Waals surface area contributed by atoms with Crippen molar-refractivity contribution in [3.05, 3.63) is 64.7 Å². The zero-order valence-corrected chi connectivity index (χ0v) is 12.1. The lowest BCUT2D eigenvalue weighted by Gasteiger charge is -2.11. The molecule has 2 aromatic carbocycles. The van der Waals surface area contributed by atoms with E-state index in [1.807, 2.05) is 48.5 Å². The number of nitrogens with one attached hydrogen (secondary N) is 1. The molecule has 0 aliphatic heterocycles. The second-order valence-corrected chi connectivity index (χ2v) is 4.85. The number of methoxy groups -OCH3 is 1. The van der Waals surface area contributed by atoms with Crippen LogP contribution in [0.1, 0.15) is 11.1 Å². The lowest BCUT2D eigenvalue weighted by molar-refractivity contribution is 0.409. The van der Waals surface area contributed by atoms with E-state index in [9.17, 15) is 0 Å². The number of para-hydroxylation sites is 1. The molecule has 0 saturated heterocycles. The molecule has 19 heavy (non-hydrogen) atoms. The maximum Gasteiger partial charge on any atom is 0.123 e. The molecule has 0 aliphatic carbocycles. The normalized spacial score (nSPS) is 10.0. The minimum Gasteiger partial charge on any atom is -0.496 e. The van der Waals surface area contributed by atoms with E-state index in [1.165, 1.54) is 0 Å². The van der Waals surface area contributed by atoms with Crippen LogP contribution in [0, 0.1) is 0 Å². The second-order valence-electron chi connectivity index (χ2n) is 4.00. The number of thiocarbonyl (C=S) groups is 1. The van der Waals surface area contributed by atoms with Gasteiger partial charge in [0, 0.05) is 22.7 Å². The summed E-state index contributed by atoms with van der Waals surface area (Å²) in [5, 5.41) is 3.89. The summed E-state index contributed by atoms with van der Waals surface area (Å²) in [6.45, 7) is 0.620. The van der Waals surface area contributed by atoms with Gasteiger partial charge in [-0.2, -0.15) is 0 Å². The van der Waals surface area contributed by atoms with Crippen molar-refractivity contribution in [2.24, 2.45) is 0 Å². The van der Waals surface area contributed by atoms with Crippen molar-refractivity contribution in [3.63, 3.8) is 0 Å². The largest absolute Gasteiger partial charge is 0.496 e. The third-order valence-corrected chi connectivity index (χ3v) is 3.33. The van der Waals surface area contributed by atoms with Crippen molar-refractivity contribution < 1.29 is 4.74 Å². The Bertz CT molecular complexity index is 586. The van der Waals surface area contributed by atoms with Crippen molar-refractivity contribution in [3.8, 4) is 5.75 Å². The van der Waals surface area contributed by atoms with Gasteiger partial charge in [-0.3, -0.25) is 0 Å². The summed E-state index contributed by atoms with van der Waals surface area (Å²) in [7, 11) is 1.66. The van der Waals surface area contributed by atoms with Gasteiger partial charge in [-0.05, 0) is 18.2 Å². The van der Waals surface area contributed by atoms with Gasteiger partial charge in [-0.15, -0.1) is 0 Å². The third-order valence-electron chi connectivity index (χ3n) is 2.72. The first kappa shape index (κ1) is 13.8. The Kier molecular flexibility index (Phi) is 4.77. The minimum atomic E-state index is 0.620. The fraction of sp³-hybridized carbons (Fsp3) is 0.133. The van der Waals surface area contributed by atoms with Crippen LogP contribution in [0.3, 0.4) is 0 Å². The second kappa shape index (κ2) is 6.55. The minimum absolute atomic E-state index is 0.620. The predicted octanol–water partition coefficient (Wildman–Crippen LogP) is 3.81. The zero-order chi connectivity index (χ0) is 13.7. The van der Waals surface area contributed by atoms with Gasteiger partial charge in [-0.1, -0.05) is 54.2 Å². The molecule has 0 atom stereocenters. The molecule has 0 aromatic heterocycles. The highest BCUT2D eigenvalue weighted by atomic mass is 35.5. The van der Waals surface area contributed by atoms with Crippen LogP contribution in [0.15, 0.2) is 48.5 Å². The van der Waals surface area contributed by atoms with Crippen molar-refractivity contribution >= 4 is 28.8 Å². The van der Waals surface area contributed by atoms with Gasteiger partial charge < -0.3 is 10.1 Å². The van der Waals surface area contributed by atoms with Gasteiger partial charge in [0.05, 0.1) is 7.11 Å². The highest BCUT2D eigenvalue weighted by Crippen LogP contribution is 2.17. The number of halogens is 1. The molecule has 0 unspecified atom stereocenters. The van der Waals surface area contributed by atoms with E-state index in [0.717, 1.165) is 16.9 Å². The zero-order valence-electron chi connectivity index (χ0n) is 10.5. The van der Waals surface area contributed by atoms with Crippen LogP contribution in [0.5, 0.6) is 5.75 Å². The van der Waals surface area contributed by atoms with E-state index in [-0.39, 0.29) is 0 Å². The smallest absolute Gasteiger partial charge is 0.123 e. The summed E-state index contributed by atoms with van der Waals surface area (Å²) in [5.74, 6) is 0.851. The molecule has 0 heterocycles. The Hall–Kier alpha value is -1.58. The Morgan fingerprint density at radius 1 is 1.21 bits per heavy atom. The monoisotopic (exact) mass is 291 g/mol. The molecule has 2 rings (SSSR count). The number of rotatable bonds is 4. The quantitative estimate of drug-likeness (QED) is 0.866. The first-order valence-electron chi connectivity index (χ1n) is 5.86. The van der Waals surface area contributed by atoms with Gasteiger partial charge in [0.1, 0.15) is 10.7 Å². The lowest BCUT2D eigenvalue weighted by Crippen LogP contribution is -2.21. The van der Waals surface area contributed by atoms with Crippen LogP contribution in [0.4, 0.5) is 0 Å². The van der Waals surface area contributed by atoms with E-state index < -0.39 is 0 Å². The van der Waals surface area contributed by atoms with Crippen LogP contribution >= 0.6 is 23.8 Å². The highest BCUT2D eigenvalue weighted by Gasteiger charge is 2.04. The number of hydrogen-bond donors (Lipinski definition) is 1. The maximum atomic E-state index is 5.95. The van der Waals surface area contributed by atoms with E-state index in [0.29, 0.717) is 16.6 Å². The SMILES string of the molecule is COc1ccccc1CNC(=S)c1cccc(Cl)c1. The summed E-state index contributed by atoms with van der Waals surface area (Å²) in [4.78, 5) is 0.674. The van der Waals surface area contributed by atoms with Crippen LogP contribution in [-0.4, -0.2) is 12.1 Å². The average Bonchev–Trinajstić information content (AvgIpc) is 2.45. The number of hydrogen-bond acceptors (Lipinski definition) is 2. The Balaban J connectivity index is 2.04. The lowest BCUT2D eigenvalue weighted by atomic mass is 10.2. The molecule has 0 bridgehead atoms. The summed E-state index contributed by atoms with van der Waals surface area (Å²) in [6, 6.07) is 15.3. The van der Waals surface area contributed by atoms with Crippen molar-refractivity contribution in [2.75, 3.05) is 7.11 Å². The molecule has 0 spiro atoms. The predicted molar refractivity (Wildman–Crippen MR) is 83.0 cm³/mol. The van der Waals surface area contributed by atoms with Crippen LogP contribution in [-0.2, 0) is 6.54 Å². The van der Waals surface area contributed by atoms with Crippen LogP contribution in [0.25, 0.3) is 0 Å². The Morgan fingerprint density at radius 2 is 2.00 bits per heavy atom. The van der Waals surface area contributed by atoms with Crippen molar-refractivity contribution in [1.29, 1.82) is 0 Å². The first-order valence-corrected chi connectivity index (χ1v) is 6.65. The fourth-order valence-electron chi connectivity index (χ4n) is 1.76. The van der Waals surface area contributed by atoms with E-state index in [1.54, 1.807) is 7.11 Å². The maximum absolute atomic E-state index is 5.95. The summed E-state index contributed by atoms with van der Waals surface area (Å²) < 4.78 is 5.30. The molecule has 2 nitrogen and oxygen atoms in total. The topological polar surface area (TPSA) is 21.3 Å². The van der Waals surface area contributed by atoms with Gasteiger partial charge >= 0.3 is 0 Å².